The second kappa shape index (κ2) is 4.87. The fourth-order valence-electron chi connectivity index (χ4n) is 4.14. The van der Waals surface area contributed by atoms with Crippen molar-refractivity contribution in [1.82, 2.24) is 0 Å². The van der Waals surface area contributed by atoms with Crippen molar-refractivity contribution in [2.75, 3.05) is 0 Å². The number of hydrogen-bond acceptors (Lipinski definition) is 1. The summed E-state index contributed by atoms with van der Waals surface area (Å²) in [5.41, 5.74) is 1.22. The standard InChI is InChI=1S/C17H22O/c1-2-15(13-6-4-3-5-7-13)17(18)16-11-12-8-9-14(16)10-12/h3-7,12,14-16H,2,8-11H2,1H3. The zero-order valence-electron chi connectivity index (χ0n) is 11.1. The summed E-state index contributed by atoms with van der Waals surface area (Å²) in [6, 6.07) is 10.3. The first-order valence-corrected chi connectivity index (χ1v) is 7.38. The normalized spacial score (nSPS) is 31.5. The Morgan fingerprint density at radius 1 is 1.22 bits per heavy atom. The molecule has 1 aromatic carbocycles. The molecular formula is C17H22O. The summed E-state index contributed by atoms with van der Waals surface area (Å²) >= 11 is 0. The van der Waals surface area contributed by atoms with Crippen LogP contribution in [0.1, 0.15) is 50.5 Å². The summed E-state index contributed by atoms with van der Waals surface area (Å²) in [6.45, 7) is 2.14. The van der Waals surface area contributed by atoms with Crippen LogP contribution in [0.4, 0.5) is 0 Å². The van der Waals surface area contributed by atoms with Crippen LogP contribution in [-0.2, 0) is 4.79 Å². The van der Waals surface area contributed by atoms with Crippen LogP contribution in [0.25, 0.3) is 0 Å². The molecule has 0 aliphatic heterocycles. The largest absolute Gasteiger partial charge is 0.299 e. The molecule has 1 aromatic rings. The van der Waals surface area contributed by atoms with Gasteiger partial charge in [0.25, 0.3) is 0 Å². The molecule has 4 atom stereocenters. The maximum atomic E-state index is 12.8. The van der Waals surface area contributed by atoms with Gasteiger partial charge in [0.2, 0.25) is 0 Å². The van der Waals surface area contributed by atoms with Crippen LogP contribution in [0.5, 0.6) is 0 Å². The van der Waals surface area contributed by atoms with Crippen LogP contribution in [0.15, 0.2) is 30.3 Å². The Morgan fingerprint density at radius 3 is 2.56 bits per heavy atom. The molecule has 0 amide bonds. The van der Waals surface area contributed by atoms with E-state index >= 15 is 0 Å². The Morgan fingerprint density at radius 2 is 2.00 bits per heavy atom. The van der Waals surface area contributed by atoms with E-state index in [1.807, 2.05) is 18.2 Å². The van der Waals surface area contributed by atoms with Crippen molar-refractivity contribution >= 4 is 5.78 Å². The average molecular weight is 242 g/mol. The molecule has 1 heteroatoms. The number of hydrogen-bond donors (Lipinski definition) is 0. The van der Waals surface area contributed by atoms with E-state index in [9.17, 15) is 4.79 Å². The molecule has 2 saturated carbocycles. The highest BCUT2D eigenvalue weighted by atomic mass is 16.1. The number of ketones is 1. The van der Waals surface area contributed by atoms with Gasteiger partial charge < -0.3 is 0 Å². The molecule has 96 valence electrons. The topological polar surface area (TPSA) is 17.1 Å². The molecule has 0 spiro atoms. The lowest BCUT2D eigenvalue weighted by atomic mass is 9.78. The predicted molar refractivity (Wildman–Crippen MR) is 73.4 cm³/mol. The van der Waals surface area contributed by atoms with E-state index in [1.165, 1.54) is 31.2 Å². The van der Waals surface area contributed by atoms with Gasteiger partial charge in [0.1, 0.15) is 5.78 Å². The van der Waals surface area contributed by atoms with Crippen molar-refractivity contribution < 1.29 is 4.79 Å². The first-order chi connectivity index (χ1) is 8.79. The Labute approximate surface area is 110 Å². The van der Waals surface area contributed by atoms with E-state index in [2.05, 4.69) is 19.1 Å². The van der Waals surface area contributed by atoms with Gasteiger partial charge in [-0.1, -0.05) is 43.7 Å². The molecule has 2 bridgehead atoms. The van der Waals surface area contributed by atoms with Crippen LogP contribution in [-0.4, -0.2) is 5.78 Å². The van der Waals surface area contributed by atoms with Gasteiger partial charge in [-0.3, -0.25) is 4.79 Å². The Kier molecular flexibility index (Phi) is 3.23. The molecule has 0 radical (unpaired) electrons. The van der Waals surface area contributed by atoms with Crippen LogP contribution >= 0.6 is 0 Å². The van der Waals surface area contributed by atoms with Gasteiger partial charge in [-0.2, -0.15) is 0 Å². The molecule has 3 rings (SSSR count). The van der Waals surface area contributed by atoms with E-state index < -0.39 is 0 Å². The smallest absolute Gasteiger partial charge is 0.143 e. The molecule has 0 heterocycles. The van der Waals surface area contributed by atoms with Crippen molar-refractivity contribution in [2.24, 2.45) is 17.8 Å². The fraction of sp³-hybridized carbons (Fsp3) is 0.588. The van der Waals surface area contributed by atoms with Gasteiger partial charge in [0.15, 0.2) is 0 Å². The van der Waals surface area contributed by atoms with Gasteiger partial charge in [0.05, 0.1) is 0 Å². The van der Waals surface area contributed by atoms with E-state index in [0.717, 1.165) is 12.3 Å². The first kappa shape index (κ1) is 12.0. The van der Waals surface area contributed by atoms with Crippen LogP contribution < -0.4 is 0 Å². The van der Waals surface area contributed by atoms with Crippen molar-refractivity contribution in [3.8, 4) is 0 Å². The summed E-state index contributed by atoms with van der Waals surface area (Å²) in [4.78, 5) is 12.8. The lowest BCUT2D eigenvalue weighted by Gasteiger charge is -2.25. The van der Waals surface area contributed by atoms with Crippen LogP contribution in [0, 0.1) is 17.8 Å². The Balaban J connectivity index is 1.78. The zero-order chi connectivity index (χ0) is 12.5. The summed E-state index contributed by atoms with van der Waals surface area (Å²) in [5, 5.41) is 0. The van der Waals surface area contributed by atoms with Gasteiger partial charge in [-0.25, -0.2) is 0 Å². The third-order valence-electron chi connectivity index (χ3n) is 5.06. The van der Waals surface area contributed by atoms with E-state index in [0.29, 0.717) is 17.6 Å². The minimum atomic E-state index is 0.135. The maximum absolute atomic E-state index is 12.8. The van der Waals surface area contributed by atoms with Crippen molar-refractivity contribution in [2.45, 2.75) is 44.9 Å². The summed E-state index contributed by atoms with van der Waals surface area (Å²) in [6.07, 6.45) is 6.11. The molecule has 1 nitrogen and oxygen atoms in total. The fourth-order valence-corrected chi connectivity index (χ4v) is 4.14. The zero-order valence-corrected chi connectivity index (χ0v) is 11.1. The lowest BCUT2D eigenvalue weighted by Crippen LogP contribution is -2.26. The van der Waals surface area contributed by atoms with Gasteiger partial charge in [-0.15, -0.1) is 0 Å². The minimum Gasteiger partial charge on any atom is -0.299 e. The minimum absolute atomic E-state index is 0.135. The second-order valence-electron chi connectivity index (χ2n) is 6.06. The predicted octanol–water partition coefficient (Wildman–Crippen LogP) is 4.19. The summed E-state index contributed by atoms with van der Waals surface area (Å²) < 4.78 is 0. The molecular weight excluding hydrogens is 220 g/mol. The third-order valence-corrected chi connectivity index (χ3v) is 5.06. The first-order valence-electron chi connectivity index (χ1n) is 7.38. The quantitative estimate of drug-likeness (QED) is 0.774. The molecule has 0 N–H and O–H groups in total. The molecule has 4 unspecified atom stereocenters. The monoisotopic (exact) mass is 242 g/mol. The number of Topliss-reactive ketones (excluding diaryl/α,β-unsaturated/α-hetero) is 1. The molecule has 2 aliphatic carbocycles. The van der Waals surface area contributed by atoms with E-state index in [4.69, 9.17) is 0 Å². The molecule has 18 heavy (non-hydrogen) atoms. The Bertz CT molecular complexity index is 422. The highest BCUT2D eigenvalue weighted by molar-refractivity contribution is 5.88. The van der Waals surface area contributed by atoms with Crippen molar-refractivity contribution in [3.63, 3.8) is 0 Å². The van der Waals surface area contributed by atoms with Gasteiger partial charge >= 0.3 is 0 Å². The summed E-state index contributed by atoms with van der Waals surface area (Å²) in [5.74, 6) is 2.60. The SMILES string of the molecule is CCC(C(=O)C1CC2CCC1C2)c1ccccc1. The molecule has 2 aliphatic rings. The van der Waals surface area contributed by atoms with Gasteiger partial charge in [-0.05, 0) is 43.1 Å². The lowest BCUT2D eigenvalue weighted by molar-refractivity contribution is -0.126. The summed E-state index contributed by atoms with van der Waals surface area (Å²) in [7, 11) is 0. The molecule has 2 fully saturated rings. The van der Waals surface area contributed by atoms with Crippen LogP contribution in [0.3, 0.4) is 0 Å². The maximum Gasteiger partial charge on any atom is 0.143 e. The average Bonchev–Trinajstić information content (AvgIpc) is 3.03. The number of rotatable bonds is 4. The number of carbonyl (C=O) groups excluding carboxylic acids is 1. The highest BCUT2D eigenvalue weighted by Crippen LogP contribution is 2.50. The number of fused-ring (bicyclic) bond motifs is 2. The van der Waals surface area contributed by atoms with Gasteiger partial charge in [0, 0.05) is 11.8 Å². The van der Waals surface area contributed by atoms with Crippen LogP contribution in [0.2, 0.25) is 0 Å². The number of benzene rings is 1. The Hall–Kier alpha value is -1.11. The van der Waals surface area contributed by atoms with E-state index in [1.54, 1.807) is 0 Å². The molecule has 0 aromatic heterocycles. The number of carbonyl (C=O) groups is 1. The second-order valence-corrected chi connectivity index (χ2v) is 6.06. The van der Waals surface area contributed by atoms with Crippen molar-refractivity contribution in [1.29, 1.82) is 0 Å². The van der Waals surface area contributed by atoms with Crippen molar-refractivity contribution in [3.05, 3.63) is 35.9 Å². The third kappa shape index (κ3) is 2.00. The highest BCUT2D eigenvalue weighted by Gasteiger charge is 2.44. The van der Waals surface area contributed by atoms with E-state index in [-0.39, 0.29) is 5.92 Å². The molecule has 0 saturated heterocycles.